The van der Waals surface area contributed by atoms with Crippen molar-refractivity contribution in [2.75, 3.05) is 13.2 Å². The number of ether oxygens (including phenoxy) is 2. The molecule has 4 nitrogen and oxygen atoms in total. The van der Waals surface area contributed by atoms with E-state index in [4.69, 9.17) is 9.47 Å². The first kappa shape index (κ1) is 17.3. The number of benzene rings is 1. The molecule has 5 heteroatoms. The highest BCUT2D eigenvalue weighted by Crippen LogP contribution is 2.43. The first-order valence-corrected chi connectivity index (χ1v) is 10.2. The van der Waals surface area contributed by atoms with Crippen LogP contribution < -0.4 is 5.56 Å². The molecular formula is C21H25NO3Si. The number of aromatic nitrogens is 1. The van der Waals surface area contributed by atoms with E-state index in [1.807, 2.05) is 31.4 Å². The predicted molar refractivity (Wildman–Crippen MR) is 108 cm³/mol. The van der Waals surface area contributed by atoms with E-state index < -0.39 is 0 Å². The summed E-state index contributed by atoms with van der Waals surface area (Å²) in [4.78, 5) is 12.6. The summed E-state index contributed by atoms with van der Waals surface area (Å²) in [5, 5.41) is 3.23. The van der Waals surface area contributed by atoms with Gasteiger partial charge in [0.25, 0.3) is 5.56 Å². The van der Waals surface area contributed by atoms with Crippen LogP contribution >= 0.6 is 0 Å². The van der Waals surface area contributed by atoms with Crippen LogP contribution in [0.4, 0.5) is 0 Å². The molecule has 2 unspecified atom stereocenters. The maximum Gasteiger partial charge on any atom is 0.258 e. The highest BCUT2D eigenvalue weighted by molar-refractivity contribution is 6.22. The average Bonchev–Trinajstić information content (AvgIpc) is 3.14. The van der Waals surface area contributed by atoms with Gasteiger partial charge in [-0.05, 0) is 36.4 Å². The Hall–Kier alpha value is -2.11. The predicted octanol–water partition coefficient (Wildman–Crippen LogP) is 2.14. The lowest BCUT2D eigenvalue weighted by atomic mass is 9.74. The molecule has 136 valence electrons. The van der Waals surface area contributed by atoms with E-state index in [-0.39, 0.29) is 17.1 Å². The van der Waals surface area contributed by atoms with Crippen LogP contribution in [0.5, 0.6) is 0 Å². The summed E-state index contributed by atoms with van der Waals surface area (Å²) in [6.45, 7) is 3.66. The highest BCUT2D eigenvalue weighted by atomic mass is 28.1. The molecule has 1 fully saturated rings. The molecule has 0 amide bonds. The molecule has 0 N–H and O–H groups in total. The highest BCUT2D eigenvalue weighted by Gasteiger charge is 2.38. The quantitative estimate of drug-likeness (QED) is 0.781. The summed E-state index contributed by atoms with van der Waals surface area (Å²) in [6, 6.07) is 7.90. The molecule has 1 aliphatic heterocycles. The standard InChI is InChI=1S/C21H25NO3Si/c1-21(11-15(26)7-8-19(21)25-14-9-10-24-13-14)18-12-22(2)20(23)17-6-4-3-5-16(17)18/h3-8,12,14H,9-11,13H2,1-2,26H3. The van der Waals surface area contributed by atoms with Gasteiger partial charge in [0, 0.05) is 35.3 Å². The first-order valence-electron chi connectivity index (χ1n) is 9.20. The van der Waals surface area contributed by atoms with E-state index in [1.54, 1.807) is 4.57 Å². The molecule has 0 bridgehead atoms. The minimum atomic E-state index is -0.278. The summed E-state index contributed by atoms with van der Waals surface area (Å²) in [5.41, 5.74) is 0.919. The molecular weight excluding hydrogens is 342 g/mol. The van der Waals surface area contributed by atoms with E-state index in [1.165, 1.54) is 5.20 Å². The number of pyridine rings is 1. The van der Waals surface area contributed by atoms with Gasteiger partial charge in [-0.15, -0.1) is 0 Å². The van der Waals surface area contributed by atoms with Crippen molar-refractivity contribution in [2.45, 2.75) is 31.3 Å². The van der Waals surface area contributed by atoms with Crippen LogP contribution in [0.15, 0.2) is 58.4 Å². The van der Waals surface area contributed by atoms with Gasteiger partial charge in [-0.1, -0.05) is 29.5 Å². The van der Waals surface area contributed by atoms with Crippen molar-refractivity contribution in [3.63, 3.8) is 0 Å². The van der Waals surface area contributed by atoms with Crippen LogP contribution in [0.3, 0.4) is 0 Å². The van der Waals surface area contributed by atoms with Gasteiger partial charge < -0.3 is 14.0 Å². The lowest BCUT2D eigenvalue weighted by molar-refractivity contribution is 0.0698. The van der Waals surface area contributed by atoms with Crippen LogP contribution in [-0.2, 0) is 21.9 Å². The Balaban J connectivity index is 1.88. The van der Waals surface area contributed by atoms with Crippen LogP contribution in [0.25, 0.3) is 10.8 Å². The molecule has 1 saturated heterocycles. The molecule has 0 saturated carbocycles. The largest absolute Gasteiger partial charge is 0.491 e. The first-order chi connectivity index (χ1) is 12.5. The van der Waals surface area contributed by atoms with Crippen molar-refractivity contribution in [1.29, 1.82) is 0 Å². The Morgan fingerprint density at radius 2 is 2.04 bits per heavy atom. The van der Waals surface area contributed by atoms with Gasteiger partial charge in [0.05, 0.1) is 18.6 Å². The van der Waals surface area contributed by atoms with Gasteiger partial charge in [0.15, 0.2) is 0 Å². The molecule has 2 atom stereocenters. The van der Waals surface area contributed by atoms with Gasteiger partial charge >= 0.3 is 0 Å². The van der Waals surface area contributed by atoms with Gasteiger partial charge in [0.1, 0.15) is 11.9 Å². The van der Waals surface area contributed by atoms with Gasteiger partial charge in [-0.25, -0.2) is 0 Å². The maximum absolute atomic E-state index is 12.6. The second kappa shape index (κ2) is 6.56. The molecule has 2 heterocycles. The summed E-state index contributed by atoms with van der Waals surface area (Å²) in [6.07, 6.45) is 8.30. The van der Waals surface area contributed by atoms with E-state index in [0.717, 1.165) is 51.8 Å². The second-order valence-electron chi connectivity index (χ2n) is 7.66. The number of rotatable bonds is 3. The second-order valence-corrected chi connectivity index (χ2v) is 8.95. The Morgan fingerprint density at radius 3 is 2.77 bits per heavy atom. The van der Waals surface area contributed by atoms with E-state index >= 15 is 0 Å². The Labute approximate surface area is 156 Å². The smallest absolute Gasteiger partial charge is 0.258 e. The molecule has 2 aliphatic rings. The summed E-state index contributed by atoms with van der Waals surface area (Å²) >= 11 is 0. The molecule has 1 aliphatic carbocycles. The lowest BCUT2D eigenvalue weighted by Gasteiger charge is -2.37. The molecule has 1 aromatic heterocycles. The summed E-state index contributed by atoms with van der Waals surface area (Å²) < 4.78 is 13.6. The lowest BCUT2D eigenvalue weighted by Crippen LogP contribution is -2.33. The van der Waals surface area contributed by atoms with Gasteiger partial charge in [0.2, 0.25) is 0 Å². The Morgan fingerprint density at radius 1 is 1.27 bits per heavy atom. The number of hydrogen-bond acceptors (Lipinski definition) is 3. The van der Waals surface area contributed by atoms with Gasteiger partial charge in [-0.3, -0.25) is 4.79 Å². The zero-order valence-electron chi connectivity index (χ0n) is 15.6. The van der Waals surface area contributed by atoms with E-state index in [9.17, 15) is 4.79 Å². The molecule has 0 spiro atoms. The molecule has 26 heavy (non-hydrogen) atoms. The van der Waals surface area contributed by atoms with Crippen molar-refractivity contribution < 1.29 is 9.47 Å². The van der Waals surface area contributed by atoms with Crippen molar-refractivity contribution in [2.24, 2.45) is 7.05 Å². The van der Waals surface area contributed by atoms with Crippen molar-refractivity contribution in [1.82, 2.24) is 4.57 Å². The topological polar surface area (TPSA) is 40.5 Å². The molecule has 2 aromatic rings. The number of hydrogen-bond donors (Lipinski definition) is 0. The zero-order chi connectivity index (χ0) is 18.3. The summed E-state index contributed by atoms with van der Waals surface area (Å²) in [7, 11) is 2.85. The number of aryl methyl sites for hydroxylation is 1. The minimum absolute atomic E-state index is 0.0426. The Kier molecular flexibility index (Phi) is 4.37. The fourth-order valence-electron chi connectivity index (χ4n) is 4.14. The third kappa shape index (κ3) is 2.85. The van der Waals surface area contributed by atoms with Crippen LogP contribution in [0, 0.1) is 0 Å². The minimum Gasteiger partial charge on any atom is -0.491 e. The maximum atomic E-state index is 12.6. The van der Waals surface area contributed by atoms with E-state index in [2.05, 4.69) is 25.1 Å². The Bertz CT molecular complexity index is 969. The van der Waals surface area contributed by atoms with Crippen LogP contribution in [0.1, 0.15) is 25.3 Å². The van der Waals surface area contributed by atoms with Crippen molar-refractivity contribution in [3.8, 4) is 0 Å². The van der Waals surface area contributed by atoms with Crippen molar-refractivity contribution in [3.05, 3.63) is 69.5 Å². The van der Waals surface area contributed by atoms with Crippen LogP contribution in [-0.4, -0.2) is 34.1 Å². The third-order valence-corrected chi connectivity index (χ3v) is 6.25. The molecule has 0 radical (unpaired) electrons. The van der Waals surface area contributed by atoms with Gasteiger partial charge in [-0.2, -0.15) is 0 Å². The zero-order valence-corrected chi connectivity index (χ0v) is 17.6. The number of nitrogens with zero attached hydrogens (tertiary/aromatic N) is 1. The van der Waals surface area contributed by atoms with Crippen LogP contribution in [0.2, 0.25) is 0 Å². The van der Waals surface area contributed by atoms with E-state index in [0.29, 0.717) is 6.61 Å². The monoisotopic (exact) mass is 367 g/mol. The third-order valence-electron chi connectivity index (χ3n) is 5.56. The molecule has 1 aromatic carbocycles. The number of fused-ring (bicyclic) bond motifs is 1. The normalized spacial score (nSPS) is 26.0. The molecule has 4 rings (SSSR count). The SMILES string of the molecule is Cn1cc(C2(C)CC([SiH3])=CC=C2OC2CCOC2)c2ccccc2c1=O. The average molecular weight is 368 g/mol. The fourth-order valence-corrected chi connectivity index (χ4v) is 5.02. The number of allylic oxidation sites excluding steroid dienone is 4. The summed E-state index contributed by atoms with van der Waals surface area (Å²) in [5.74, 6) is 0.983. The van der Waals surface area contributed by atoms with Crippen molar-refractivity contribution >= 4 is 21.0 Å². The fraction of sp³-hybridized carbons (Fsp3) is 0.381.